The van der Waals surface area contributed by atoms with Gasteiger partial charge in [-0.15, -0.1) is 0 Å². The SMILES string of the molecule is CC.CCCCCCCC(C)CCC. The first-order chi connectivity index (χ1) is 6.81. The highest BCUT2D eigenvalue weighted by molar-refractivity contribution is 4.52. The predicted molar refractivity (Wildman–Crippen MR) is 68.8 cm³/mol. The number of hydrogen-bond acceptors (Lipinski definition) is 0. The molecule has 88 valence electrons. The van der Waals surface area contributed by atoms with E-state index in [1.165, 1.54) is 51.4 Å². The van der Waals surface area contributed by atoms with Gasteiger partial charge in [0.1, 0.15) is 0 Å². The first-order valence-corrected chi connectivity index (χ1v) is 6.81. The maximum Gasteiger partial charge on any atom is -0.0443 e. The lowest BCUT2D eigenvalue weighted by Gasteiger charge is -2.08. The van der Waals surface area contributed by atoms with Crippen LogP contribution in [0.1, 0.15) is 86.0 Å². The van der Waals surface area contributed by atoms with Gasteiger partial charge in [-0.2, -0.15) is 0 Å². The zero-order valence-corrected chi connectivity index (χ0v) is 11.2. The molecule has 0 radical (unpaired) electrons. The molecule has 0 amide bonds. The van der Waals surface area contributed by atoms with E-state index in [1.807, 2.05) is 13.8 Å². The molecular formula is C14H32. The summed E-state index contributed by atoms with van der Waals surface area (Å²) in [6.45, 7) is 11.0. The Labute approximate surface area is 92.5 Å². The Bertz CT molecular complexity index is 76.1. The zero-order valence-electron chi connectivity index (χ0n) is 11.2. The van der Waals surface area contributed by atoms with E-state index in [1.54, 1.807) is 0 Å². The van der Waals surface area contributed by atoms with Crippen molar-refractivity contribution in [3.8, 4) is 0 Å². The average molecular weight is 200 g/mol. The molecule has 0 aliphatic carbocycles. The second kappa shape index (κ2) is 15.5. The molecule has 0 bridgehead atoms. The molecule has 0 heterocycles. The van der Waals surface area contributed by atoms with Crippen molar-refractivity contribution in [3.63, 3.8) is 0 Å². The molecule has 0 saturated carbocycles. The zero-order chi connectivity index (χ0) is 11.2. The van der Waals surface area contributed by atoms with Crippen molar-refractivity contribution in [2.75, 3.05) is 0 Å². The van der Waals surface area contributed by atoms with Gasteiger partial charge in [0, 0.05) is 0 Å². The Balaban J connectivity index is 0. The molecule has 0 N–H and O–H groups in total. The minimum atomic E-state index is 0.969. The average Bonchev–Trinajstić information content (AvgIpc) is 2.21. The van der Waals surface area contributed by atoms with E-state index in [0.717, 1.165) is 5.92 Å². The fraction of sp³-hybridized carbons (Fsp3) is 1.00. The van der Waals surface area contributed by atoms with Gasteiger partial charge < -0.3 is 0 Å². The molecule has 1 unspecified atom stereocenters. The van der Waals surface area contributed by atoms with E-state index < -0.39 is 0 Å². The van der Waals surface area contributed by atoms with Gasteiger partial charge in [-0.3, -0.25) is 0 Å². The van der Waals surface area contributed by atoms with Crippen LogP contribution >= 0.6 is 0 Å². The maximum absolute atomic E-state index is 2.39. The van der Waals surface area contributed by atoms with E-state index in [-0.39, 0.29) is 0 Å². The van der Waals surface area contributed by atoms with Crippen LogP contribution in [0.2, 0.25) is 0 Å². The van der Waals surface area contributed by atoms with E-state index in [9.17, 15) is 0 Å². The van der Waals surface area contributed by atoms with Crippen molar-refractivity contribution in [1.29, 1.82) is 0 Å². The van der Waals surface area contributed by atoms with Crippen LogP contribution in [0.15, 0.2) is 0 Å². The summed E-state index contributed by atoms with van der Waals surface area (Å²) < 4.78 is 0. The van der Waals surface area contributed by atoms with Crippen LogP contribution in [0.5, 0.6) is 0 Å². The summed E-state index contributed by atoms with van der Waals surface area (Å²) in [4.78, 5) is 0. The second-order valence-electron chi connectivity index (χ2n) is 4.10. The van der Waals surface area contributed by atoms with Gasteiger partial charge in [-0.1, -0.05) is 86.0 Å². The summed E-state index contributed by atoms with van der Waals surface area (Å²) in [5, 5.41) is 0. The quantitative estimate of drug-likeness (QED) is 0.434. The van der Waals surface area contributed by atoms with Gasteiger partial charge in [0.15, 0.2) is 0 Å². The van der Waals surface area contributed by atoms with Gasteiger partial charge in [-0.05, 0) is 5.92 Å². The lowest BCUT2D eigenvalue weighted by Crippen LogP contribution is -1.93. The van der Waals surface area contributed by atoms with Crippen molar-refractivity contribution in [2.45, 2.75) is 86.0 Å². The lowest BCUT2D eigenvalue weighted by atomic mass is 9.98. The van der Waals surface area contributed by atoms with Gasteiger partial charge >= 0.3 is 0 Å². The second-order valence-corrected chi connectivity index (χ2v) is 4.10. The van der Waals surface area contributed by atoms with E-state index >= 15 is 0 Å². The van der Waals surface area contributed by atoms with E-state index in [2.05, 4.69) is 20.8 Å². The molecule has 0 aliphatic rings. The van der Waals surface area contributed by atoms with Crippen molar-refractivity contribution in [2.24, 2.45) is 5.92 Å². The van der Waals surface area contributed by atoms with E-state index in [4.69, 9.17) is 0 Å². The standard InChI is InChI=1S/C12H26.C2H6/c1-4-6-7-8-9-11-12(3)10-5-2;1-2/h12H,4-11H2,1-3H3;1-2H3. The summed E-state index contributed by atoms with van der Waals surface area (Å²) >= 11 is 0. The first kappa shape index (κ1) is 16.4. The topological polar surface area (TPSA) is 0 Å². The van der Waals surface area contributed by atoms with Crippen molar-refractivity contribution >= 4 is 0 Å². The molecule has 0 aromatic heterocycles. The smallest absolute Gasteiger partial charge is 0.0443 e. The number of rotatable bonds is 8. The fourth-order valence-electron chi connectivity index (χ4n) is 1.73. The molecule has 0 aromatic rings. The molecule has 0 fully saturated rings. The highest BCUT2D eigenvalue weighted by atomic mass is 14.0. The molecule has 0 aromatic carbocycles. The Morgan fingerprint density at radius 1 is 0.714 bits per heavy atom. The van der Waals surface area contributed by atoms with Crippen LogP contribution < -0.4 is 0 Å². The summed E-state index contributed by atoms with van der Waals surface area (Å²) in [6, 6.07) is 0. The van der Waals surface area contributed by atoms with Gasteiger partial charge in [0.05, 0.1) is 0 Å². The van der Waals surface area contributed by atoms with Crippen molar-refractivity contribution in [3.05, 3.63) is 0 Å². The summed E-state index contributed by atoms with van der Waals surface area (Å²) in [6.07, 6.45) is 11.4. The van der Waals surface area contributed by atoms with Crippen molar-refractivity contribution < 1.29 is 0 Å². The maximum atomic E-state index is 2.39. The third-order valence-corrected chi connectivity index (χ3v) is 2.58. The van der Waals surface area contributed by atoms with Crippen LogP contribution in [-0.4, -0.2) is 0 Å². The monoisotopic (exact) mass is 200 g/mol. The molecule has 0 heteroatoms. The minimum absolute atomic E-state index is 0.969. The Morgan fingerprint density at radius 2 is 1.29 bits per heavy atom. The minimum Gasteiger partial charge on any atom is -0.0683 e. The van der Waals surface area contributed by atoms with Gasteiger partial charge in [-0.25, -0.2) is 0 Å². The predicted octanol–water partition coefficient (Wildman–Crippen LogP) is 5.81. The lowest BCUT2D eigenvalue weighted by molar-refractivity contribution is 0.453. The van der Waals surface area contributed by atoms with Crippen LogP contribution in [-0.2, 0) is 0 Å². The number of unbranched alkanes of at least 4 members (excludes halogenated alkanes) is 4. The van der Waals surface area contributed by atoms with Crippen LogP contribution in [0.3, 0.4) is 0 Å². The third kappa shape index (κ3) is 14.5. The molecule has 0 nitrogen and oxygen atoms in total. The van der Waals surface area contributed by atoms with Crippen LogP contribution in [0, 0.1) is 5.92 Å². The fourth-order valence-corrected chi connectivity index (χ4v) is 1.73. The normalized spacial score (nSPS) is 11.8. The summed E-state index contributed by atoms with van der Waals surface area (Å²) in [5.74, 6) is 0.969. The molecule has 0 aliphatic heterocycles. The number of hydrogen-bond donors (Lipinski definition) is 0. The molecular weight excluding hydrogens is 168 g/mol. The Hall–Kier alpha value is 0. The molecule has 0 saturated heterocycles. The highest BCUT2D eigenvalue weighted by Gasteiger charge is 1.99. The van der Waals surface area contributed by atoms with Gasteiger partial charge in [0.2, 0.25) is 0 Å². The largest absolute Gasteiger partial charge is 0.0683 e. The molecule has 0 spiro atoms. The summed E-state index contributed by atoms with van der Waals surface area (Å²) in [7, 11) is 0. The molecule has 0 rings (SSSR count). The first-order valence-electron chi connectivity index (χ1n) is 6.81. The van der Waals surface area contributed by atoms with E-state index in [0.29, 0.717) is 0 Å². The molecule has 1 atom stereocenters. The molecule has 14 heavy (non-hydrogen) atoms. The summed E-state index contributed by atoms with van der Waals surface area (Å²) in [5.41, 5.74) is 0. The van der Waals surface area contributed by atoms with Crippen LogP contribution in [0.25, 0.3) is 0 Å². The van der Waals surface area contributed by atoms with Gasteiger partial charge in [0.25, 0.3) is 0 Å². The van der Waals surface area contributed by atoms with Crippen LogP contribution in [0.4, 0.5) is 0 Å². The highest BCUT2D eigenvalue weighted by Crippen LogP contribution is 2.15. The van der Waals surface area contributed by atoms with Crippen molar-refractivity contribution in [1.82, 2.24) is 0 Å². The Kier molecular flexibility index (Phi) is 18.2. The third-order valence-electron chi connectivity index (χ3n) is 2.58. The Morgan fingerprint density at radius 3 is 1.79 bits per heavy atom.